The summed E-state index contributed by atoms with van der Waals surface area (Å²) < 4.78 is 0. The lowest BCUT2D eigenvalue weighted by molar-refractivity contribution is 1.14. The summed E-state index contributed by atoms with van der Waals surface area (Å²) in [7, 11) is 0. The molecular formula is C15H14S. The Hall–Kier alpha value is -1.34. The zero-order valence-electron chi connectivity index (χ0n) is 9.36. The summed E-state index contributed by atoms with van der Waals surface area (Å²) >= 11 is 1.87. The summed E-state index contributed by atoms with van der Waals surface area (Å²) in [6.07, 6.45) is 4.58. The lowest BCUT2D eigenvalue weighted by atomic mass is 10.1. The van der Waals surface area contributed by atoms with E-state index >= 15 is 0 Å². The molecule has 1 heterocycles. The Balaban J connectivity index is 2.01. The van der Waals surface area contributed by atoms with Gasteiger partial charge in [-0.05, 0) is 52.6 Å². The molecule has 0 radical (unpaired) electrons. The largest absolute Gasteiger partial charge is 0.144 e. The van der Waals surface area contributed by atoms with Gasteiger partial charge >= 0.3 is 0 Å². The van der Waals surface area contributed by atoms with Crippen molar-refractivity contribution in [3.05, 3.63) is 57.3 Å². The second-order valence-electron chi connectivity index (χ2n) is 4.17. The first-order valence-corrected chi connectivity index (χ1v) is 6.61. The maximum absolute atomic E-state index is 2.35. The van der Waals surface area contributed by atoms with E-state index < -0.39 is 0 Å². The molecule has 0 fully saturated rings. The van der Waals surface area contributed by atoms with Crippen LogP contribution < -0.4 is 0 Å². The van der Waals surface area contributed by atoms with Gasteiger partial charge in [0.05, 0.1) is 0 Å². The Kier molecular flexibility index (Phi) is 2.41. The first-order valence-electron chi connectivity index (χ1n) is 5.73. The summed E-state index contributed by atoms with van der Waals surface area (Å²) in [5, 5.41) is 2.21. The van der Waals surface area contributed by atoms with E-state index in [4.69, 9.17) is 0 Å². The van der Waals surface area contributed by atoms with E-state index in [1.807, 2.05) is 11.3 Å². The van der Waals surface area contributed by atoms with Crippen LogP contribution in [0.3, 0.4) is 0 Å². The van der Waals surface area contributed by atoms with Crippen molar-refractivity contribution in [2.45, 2.75) is 19.8 Å². The van der Waals surface area contributed by atoms with Gasteiger partial charge in [-0.1, -0.05) is 31.2 Å². The fourth-order valence-corrected chi connectivity index (χ4v) is 3.34. The summed E-state index contributed by atoms with van der Waals surface area (Å²) in [6.45, 7) is 2.23. The third kappa shape index (κ3) is 1.52. The molecule has 3 rings (SSSR count). The molecule has 1 aliphatic rings. The standard InChI is InChI=1S/C15H14S/c1-2-11-7-8-16-15(11)14-9-12-5-3-4-6-13(12)10-14/h3-9H,2,10H2,1H3. The molecule has 0 spiro atoms. The highest BCUT2D eigenvalue weighted by atomic mass is 32.1. The molecule has 0 saturated heterocycles. The molecule has 0 bridgehead atoms. The highest BCUT2D eigenvalue weighted by Gasteiger charge is 2.16. The predicted octanol–water partition coefficient (Wildman–Crippen LogP) is 4.41. The van der Waals surface area contributed by atoms with Crippen molar-refractivity contribution in [1.29, 1.82) is 0 Å². The van der Waals surface area contributed by atoms with Crippen LogP contribution in [-0.4, -0.2) is 0 Å². The average Bonchev–Trinajstić information content (AvgIpc) is 2.94. The highest BCUT2D eigenvalue weighted by molar-refractivity contribution is 7.11. The molecule has 1 aliphatic carbocycles. The van der Waals surface area contributed by atoms with Crippen molar-refractivity contribution in [2.75, 3.05) is 0 Å². The van der Waals surface area contributed by atoms with Crippen LogP contribution in [0.1, 0.15) is 28.5 Å². The van der Waals surface area contributed by atoms with Crippen LogP contribution in [0, 0.1) is 0 Å². The molecule has 1 aromatic carbocycles. The summed E-state index contributed by atoms with van der Waals surface area (Å²) in [5.74, 6) is 0. The number of hydrogen-bond donors (Lipinski definition) is 0. The Morgan fingerprint density at radius 2 is 2.06 bits per heavy atom. The van der Waals surface area contributed by atoms with E-state index in [2.05, 4.69) is 48.7 Å². The molecule has 0 N–H and O–H groups in total. The van der Waals surface area contributed by atoms with E-state index in [-0.39, 0.29) is 0 Å². The maximum atomic E-state index is 2.35. The van der Waals surface area contributed by atoms with Crippen LogP contribution in [-0.2, 0) is 12.8 Å². The fourth-order valence-electron chi connectivity index (χ4n) is 2.32. The Morgan fingerprint density at radius 1 is 1.19 bits per heavy atom. The highest BCUT2D eigenvalue weighted by Crippen LogP contribution is 2.35. The van der Waals surface area contributed by atoms with E-state index in [9.17, 15) is 0 Å². The van der Waals surface area contributed by atoms with Crippen molar-refractivity contribution in [3.8, 4) is 0 Å². The number of aryl methyl sites for hydroxylation is 1. The summed E-state index contributed by atoms with van der Waals surface area (Å²) in [6, 6.07) is 10.9. The van der Waals surface area contributed by atoms with Gasteiger partial charge in [-0.3, -0.25) is 0 Å². The lowest BCUT2D eigenvalue weighted by Crippen LogP contribution is -1.86. The van der Waals surface area contributed by atoms with E-state index in [0.717, 1.165) is 12.8 Å². The monoisotopic (exact) mass is 226 g/mol. The lowest BCUT2D eigenvalue weighted by Gasteiger charge is -2.02. The Labute approximate surface area is 100 Å². The van der Waals surface area contributed by atoms with E-state index in [1.165, 1.54) is 27.1 Å². The fraction of sp³-hybridized carbons (Fsp3) is 0.200. The normalized spacial score (nSPS) is 13.7. The molecule has 0 amide bonds. The maximum Gasteiger partial charge on any atom is 0.0337 e. The van der Waals surface area contributed by atoms with Gasteiger partial charge in [-0.2, -0.15) is 0 Å². The second kappa shape index (κ2) is 3.91. The molecule has 80 valence electrons. The van der Waals surface area contributed by atoms with Crippen LogP contribution in [0.15, 0.2) is 35.7 Å². The molecule has 2 aromatic rings. The van der Waals surface area contributed by atoms with E-state index in [1.54, 1.807) is 0 Å². The van der Waals surface area contributed by atoms with Crippen LogP contribution in [0.25, 0.3) is 11.6 Å². The van der Waals surface area contributed by atoms with Gasteiger partial charge in [0.2, 0.25) is 0 Å². The van der Waals surface area contributed by atoms with Gasteiger partial charge in [0.1, 0.15) is 0 Å². The SMILES string of the molecule is CCc1ccsc1C1=Cc2ccccc2C1. The van der Waals surface area contributed by atoms with Crippen LogP contribution in [0.4, 0.5) is 0 Å². The van der Waals surface area contributed by atoms with Gasteiger partial charge in [-0.25, -0.2) is 0 Å². The quantitative estimate of drug-likeness (QED) is 0.711. The zero-order chi connectivity index (χ0) is 11.0. The molecule has 1 heteroatoms. The minimum absolute atomic E-state index is 1.10. The Bertz CT molecular complexity index is 546. The first kappa shape index (κ1) is 9.86. The molecule has 1 aromatic heterocycles. The average molecular weight is 226 g/mol. The van der Waals surface area contributed by atoms with Crippen LogP contribution >= 0.6 is 11.3 Å². The van der Waals surface area contributed by atoms with Gasteiger partial charge in [0.25, 0.3) is 0 Å². The topological polar surface area (TPSA) is 0 Å². The summed E-state index contributed by atoms with van der Waals surface area (Å²) in [5.41, 5.74) is 5.85. The predicted molar refractivity (Wildman–Crippen MR) is 71.7 cm³/mol. The molecule has 0 atom stereocenters. The van der Waals surface area contributed by atoms with Crippen molar-refractivity contribution in [1.82, 2.24) is 0 Å². The summed E-state index contributed by atoms with van der Waals surface area (Å²) in [4.78, 5) is 1.48. The molecule has 0 unspecified atom stereocenters. The zero-order valence-corrected chi connectivity index (χ0v) is 10.2. The molecular weight excluding hydrogens is 212 g/mol. The number of allylic oxidation sites excluding steroid dienone is 1. The van der Waals surface area contributed by atoms with Crippen molar-refractivity contribution in [3.63, 3.8) is 0 Å². The minimum Gasteiger partial charge on any atom is -0.144 e. The van der Waals surface area contributed by atoms with Crippen LogP contribution in [0.5, 0.6) is 0 Å². The molecule has 0 aliphatic heterocycles. The van der Waals surface area contributed by atoms with Crippen molar-refractivity contribution < 1.29 is 0 Å². The molecule has 0 nitrogen and oxygen atoms in total. The molecule has 16 heavy (non-hydrogen) atoms. The Morgan fingerprint density at radius 3 is 2.88 bits per heavy atom. The number of benzene rings is 1. The third-order valence-corrected chi connectivity index (χ3v) is 4.22. The number of rotatable bonds is 2. The van der Waals surface area contributed by atoms with Crippen molar-refractivity contribution >= 4 is 23.0 Å². The van der Waals surface area contributed by atoms with Crippen molar-refractivity contribution in [2.24, 2.45) is 0 Å². The van der Waals surface area contributed by atoms with Gasteiger partial charge < -0.3 is 0 Å². The van der Waals surface area contributed by atoms with Crippen LogP contribution in [0.2, 0.25) is 0 Å². The third-order valence-electron chi connectivity index (χ3n) is 3.19. The second-order valence-corrected chi connectivity index (χ2v) is 5.09. The minimum atomic E-state index is 1.10. The van der Waals surface area contributed by atoms with Gasteiger partial charge in [0.15, 0.2) is 0 Å². The number of thiophene rings is 1. The van der Waals surface area contributed by atoms with Gasteiger partial charge in [-0.15, -0.1) is 11.3 Å². The number of hydrogen-bond acceptors (Lipinski definition) is 1. The smallest absolute Gasteiger partial charge is 0.0337 e. The van der Waals surface area contributed by atoms with E-state index in [0.29, 0.717) is 0 Å². The molecule has 0 saturated carbocycles. The van der Waals surface area contributed by atoms with Gasteiger partial charge in [0, 0.05) is 4.88 Å². The first-order chi connectivity index (χ1) is 7.88. The number of fused-ring (bicyclic) bond motifs is 1.